The molecule has 2 aromatic carbocycles. The Morgan fingerprint density at radius 2 is 1.64 bits per heavy atom. The van der Waals surface area contributed by atoms with E-state index < -0.39 is 16.1 Å². The summed E-state index contributed by atoms with van der Waals surface area (Å²) in [4.78, 5) is 11.1. The van der Waals surface area contributed by atoms with Crippen LogP contribution in [0.2, 0.25) is 0 Å². The molecule has 0 aliphatic heterocycles. The second-order valence-electron chi connectivity index (χ2n) is 5.90. The summed E-state index contributed by atoms with van der Waals surface area (Å²) in [5.41, 5.74) is 2.85. The third-order valence-corrected chi connectivity index (χ3v) is 4.52. The first-order valence-corrected chi connectivity index (χ1v) is 9.96. The number of ether oxygens (including phenoxy) is 1. The first kappa shape index (κ1) is 19.1. The zero-order valence-electron chi connectivity index (χ0n) is 14.4. The quantitative estimate of drug-likeness (QED) is 0.734. The van der Waals surface area contributed by atoms with E-state index in [4.69, 9.17) is 0 Å². The zero-order valence-corrected chi connectivity index (χ0v) is 15.3. The Morgan fingerprint density at radius 1 is 1.04 bits per heavy atom. The molecule has 0 aliphatic carbocycles. The number of methoxy groups -OCH3 is 1. The van der Waals surface area contributed by atoms with Gasteiger partial charge in [0.2, 0.25) is 10.0 Å². The summed E-state index contributed by atoms with van der Waals surface area (Å²) >= 11 is 0. The van der Waals surface area contributed by atoms with Crippen LogP contribution in [0.25, 0.3) is 0 Å². The average molecular weight is 361 g/mol. The molecule has 134 valence electrons. The number of rotatable bonds is 8. The molecule has 0 aliphatic rings. The van der Waals surface area contributed by atoms with Crippen LogP contribution in [0.15, 0.2) is 54.6 Å². The zero-order chi connectivity index (χ0) is 18.3. The Labute approximate surface area is 149 Å². The number of sulfonamides is 1. The molecular weight excluding hydrogens is 338 g/mol. The van der Waals surface area contributed by atoms with Crippen LogP contribution in [0.5, 0.6) is 0 Å². The van der Waals surface area contributed by atoms with Crippen LogP contribution in [0.4, 0.5) is 0 Å². The molecule has 0 radical (unpaired) electrons. The molecule has 0 saturated carbocycles. The highest BCUT2D eigenvalue weighted by atomic mass is 32.2. The summed E-state index contributed by atoms with van der Waals surface area (Å²) in [7, 11) is -1.97. The molecule has 6 heteroatoms. The van der Waals surface area contributed by atoms with Crippen molar-refractivity contribution in [1.29, 1.82) is 0 Å². The molecule has 2 aromatic rings. The normalized spacial score (nSPS) is 12.6. The van der Waals surface area contributed by atoms with Crippen molar-refractivity contribution in [3.8, 4) is 0 Å². The summed E-state index contributed by atoms with van der Waals surface area (Å²) in [5.74, 6) is -0.210. The lowest BCUT2D eigenvalue weighted by Gasteiger charge is -2.19. The van der Waals surface area contributed by atoms with Crippen molar-refractivity contribution in [2.75, 3.05) is 13.4 Å². The summed E-state index contributed by atoms with van der Waals surface area (Å²) < 4.78 is 30.8. The van der Waals surface area contributed by atoms with Crippen LogP contribution in [0, 0.1) is 0 Å². The SMILES string of the molecule is COC(=O)CCCc1ccc(C(NS(C)(=O)=O)c2ccccc2)cc1. The van der Waals surface area contributed by atoms with Gasteiger partial charge in [-0.1, -0.05) is 54.6 Å². The lowest BCUT2D eigenvalue weighted by atomic mass is 9.97. The highest BCUT2D eigenvalue weighted by molar-refractivity contribution is 7.88. The van der Waals surface area contributed by atoms with Crippen LogP contribution < -0.4 is 4.72 Å². The molecule has 2 rings (SSSR count). The maximum Gasteiger partial charge on any atom is 0.305 e. The van der Waals surface area contributed by atoms with Gasteiger partial charge in [0.25, 0.3) is 0 Å². The van der Waals surface area contributed by atoms with E-state index in [1.807, 2.05) is 54.6 Å². The van der Waals surface area contributed by atoms with E-state index in [9.17, 15) is 13.2 Å². The Morgan fingerprint density at radius 3 is 2.20 bits per heavy atom. The van der Waals surface area contributed by atoms with Gasteiger partial charge in [0.1, 0.15) is 0 Å². The molecule has 0 aromatic heterocycles. The van der Waals surface area contributed by atoms with E-state index in [2.05, 4.69) is 9.46 Å². The maximum absolute atomic E-state index is 11.7. The monoisotopic (exact) mass is 361 g/mol. The number of hydrogen-bond acceptors (Lipinski definition) is 4. The number of aryl methyl sites for hydroxylation is 1. The molecule has 0 bridgehead atoms. The number of benzene rings is 2. The molecule has 25 heavy (non-hydrogen) atoms. The second-order valence-corrected chi connectivity index (χ2v) is 7.69. The van der Waals surface area contributed by atoms with Crippen LogP contribution in [-0.2, 0) is 26.0 Å². The Hall–Kier alpha value is -2.18. The van der Waals surface area contributed by atoms with E-state index in [0.717, 1.165) is 35.8 Å². The predicted molar refractivity (Wildman–Crippen MR) is 97.7 cm³/mol. The van der Waals surface area contributed by atoms with E-state index in [0.29, 0.717) is 6.42 Å². The van der Waals surface area contributed by atoms with Gasteiger partial charge in [-0.3, -0.25) is 4.79 Å². The van der Waals surface area contributed by atoms with E-state index in [1.54, 1.807) is 0 Å². The summed E-state index contributed by atoms with van der Waals surface area (Å²) in [6.07, 6.45) is 3.03. The van der Waals surface area contributed by atoms with Crippen molar-refractivity contribution in [2.24, 2.45) is 0 Å². The minimum absolute atomic E-state index is 0.210. The highest BCUT2D eigenvalue weighted by Crippen LogP contribution is 2.23. The average Bonchev–Trinajstić information content (AvgIpc) is 2.60. The number of hydrogen-bond donors (Lipinski definition) is 1. The van der Waals surface area contributed by atoms with E-state index in [1.165, 1.54) is 7.11 Å². The standard InChI is InChI=1S/C19H23NO4S/c1-24-18(21)10-6-7-15-11-13-17(14-12-15)19(20-25(2,22)23)16-8-4-3-5-9-16/h3-5,8-9,11-14,19-20H,6-7,10H2,1-2H3. The van der Waals surface area contributed by atoms with Gasteiger partial charge >= 0.3 is 5.97 Å². The molecule has 0 saturated heterocycles. The van der Waals surface area contributed by atoms with Crippen LogP contribution in [-0.4, -0.2) is 27.8 Å². The first-order valence-electron chi connectivity index (χ1n) is 8.07. The topological polar surface area (TPSA) is 72.5 Å². The molecule has 1 unspecified atom stereocenters. The summed E-state index contributed by atoms with van der Waals surface area (Å²) in [6, 6.07) is 16.8. The van der Waals surface area contributed by atoms with Gasteiger partial charge in [-0.2, -0.15) is 0 Å². The fourth-order valence-electron chi connectivity index (χ4n) is 2.60. The van der Waals surface area contributed by atoms with Gasteiger partial charge in [0.05, 0.1) is 19.4 Å². The summed E-state index contributed by atoms with van der Waals surface area (Å²) in [6.45, 7) is 0. The molecule has 0 heterocycles. The van der Waals surface area contributed by atoms with Gasteiger partial charge in [-0.25, -0.2) is 13.1 Å². The van der Waals surface area contributed by atoms with Crippen molar-refractivity contribution in [3.63, 3.8) is 0 Å². The lowest BCUT2D eigenvalue weighted by Crippen LogP contribution is -2.28. The molecule has 0 fully saturated rings. The number of carbonyl (C=O) groups excluding carboxylic acids is 1. The van der Waals surface area contributed by atoms with Crippen LogP contribution in [0.1, 0.15) is 35.6 Å². The fourth-order valence-corrected chi connectivity index (χ4v) is 3.30. The minimum atomic E-state index is -3.36. The van der Waals surface area contributed by atoms with Gasteiger partial charge in [-0.05, 0) is 29.5 Å². The molecular formula is C19H23NO4S. The Balaban J connectivity index is 2.14. The first-order chi connectivity index (χ1) is 11.9. The number of carbonyl (C=O) groups is 1. The smallest absolute Gasteiger partial charge is 0.305 e. The van der Waals surface area contributed by atoms with E-state index in [-0.39, 0.29) is 5.97 Å². The van der Waals surface area contributed by atoms with Crippen molar-refractivity contribution < 1.29 is 17.9 Å². The number of esters is 1. The third kappa shape index (κ3) is 6.32. The van der Waals surface area contributed by atoms with Crippen molar-refractivity contribution in [2.45, 2.75) is 25.3 Å². The maximum atomic E-state index is 11.7. The molecule has 1 N–H and O–H groups in total. The van der Waals surface area contributed by atoms with E-state index >= 15 is 0 Å². The molecule has 1 atom stereocenters. The molecule has 5 nitrogen and oxygen atoms in total. The van der Waals surface area contributed by atoms with Crippen molar-refractivity contribution >= 4 is 16.0 Å². The van der Waals surface area contributed by atoms with Crippen molar-refractivity contribution in [3.05, 3.63) is 71.3 Å². The Kier molecular flexibility index (Phi) is 6.73. The third-order valence-electron chi connectivity index (χ3n) is 3.85. The van der Waals surface area contributed by atoms with Crippen molar-refractivity contribution in [1.82, 2.24) is 4.72 Å². The van der Waals surface area contributed by atoms with Gasteiger partial charge in [0.15, 0.2) is 0 Å². The molecule has 0 spiro atoms. The Bertz CT molecular complexity index is 786. The van der Waals surface area contributed by atoms with Gasteiger partial charge in [0, 0.05) is 6.42 Å². The fraction of sp³-hybridized carbons (Fsp3) is 0.316. The van der Waals surface area contributed by atoms with Crippen LogP contribution in [0.3, 0.4) is 0 Å². The minimum Gasteiger partial charge on any atom is -0.469 e. The largest absolute Gasteiger partial charge is 0.469 e. The lowest BCUT2D eigenvalue weighted by molar-refractivity contribution is -0.140. The van der Waals surface area contributed by atoms with Gasteiger partial charge in [-0.15, -0.1) is 0 Å². The highest BCUT2D eigenvalue weighted by Gasteiger charge is 2.18. The molecule has 0 amide bonds. The van der Waals surface area contributed by atoms with Crippen LogP contribution >= 0.6 is 0 Å². The summed E-state index contributed by atoms with van der Waals surface area (Å²) in [5, 5.41) is 0. The predicted octanol–water partition coefficient (Wildman–Crippen LogP) is 2.82. The van der Waals surface area contributed by atoms with Gasteiger partial charge < -0.3 is 4.74 Å². The second kappa shape index (κ2) is 8.78. The number of nitrogens with one attached hydrogen (secondary N) is 1.